The Bertz CT molecular complexity index is 1570. The van der Waals surface area contributed by atoms with E-state index >= 15 is 0 Å². The Labute approximate surface area is 258 Å². The second-order valence-corrected chi connectivity index (χ2v) is 12.8. The molecular weight excluding hydrogens is 558 g/mol. The van der Waals surface area contributed by atoms with E-state index in [1.807, 2.05) is 96.1 Å². The van der Waals surface area contributed by atoms with Crippen LogP contribution in [-0.4, -0.2) is 52.2 Å². The molecule has 0 bridgehead atoms. The molecule has 3 aromatic rings. The molecule has 0 aliphatic carbocycles. The number of piperidine rings is 1. The number of benzene rings is 3. The third kappa shape index (κ3) is 6.15. The maximum absolute atomic E-state index is 13.8. The first kappa shape index (κ1) is 31.1. The molecule has 0 aromatic heterocycles. The lowest BCUT2D eigenvalue weighted by Crippen LogP contribution is -2.59. The molecule has 5 rings (SSSR count). The molecule has 2 aliphatic rings. The van der Waals surface area contributed by atoms with Crippen molar-refractivity contribution in [3.8, 4) is 11.1 Å². The van der Waals surface area contributed by atoms with Crippen LogP contribution in [0.4, 0.5) is 16.2 Å². The van der Waals surface area contributed by atoms with E-state index in [9.17, 15) is 19.5 Å². The number of carboxylic acid groups (broad SMARTS) is 1. The Morgan fingerprint density at radius 2 is 1.59 bits per heavy atom. The van der Waals surface area contributed by atoms with Crippen LogP contribution in [0.5, 0.6) is 0 Å². The molecule has 2 aliphatic heterocycles. The van der Waals surface area contributed by atoms with Crippen molar-refractivity contribution in [1.82, 2.24) is 4.90 Å². The van der Waals surface area contributed by atoms with Gasteiger partial charge in [-0.2, -0.15) is 0 Å². The number of fused-ring (bicyclic) bond motifs is 1. The molecule has 1 spiro atoms. The molecule has 9 heteroatoms. The van der Waals surface area contributed by atoms with Crippen molar-refractivity contribution in [2.75, 3.05) is 23.7 Å². The summed E-state index contributed by atoms with van der Waals surface area (Å²) in [6, 6.07) is 17.5. The first-order valence-electron chi connectivity index (χ1n) is 15.0. The van der Waals surface area contributed by atoms with E-state index in [0.29, 0.717) is 42.7 Å². The molecule has 9 nitrogen and oxygen atoms in total. The Kier molecular flexibility index (Phi) is 8.44. The van der Waals surface area contributed by atoms with Gasteiger partial charge in [-0.1, -0.05) is 60.2 Å². The van der Waals surface area contributed by atoms with E-state index in [2.05, 4.69) is 10.6 Å². The number of aryl methyl sites for hydroxylation is 1. The summed E-state index contributed by atoms with van der Waals surface area (Å²) in [5.41, 5.74) is 5.23. The summed E-state index contributed by atoms with van der Waals surface area (Å²) in [4.78, 5) is 40.9. The fraction of sp³-hybridized carbons (Fsp3) is 0.400. The largest absolute Gasteiger partial charge is 0.479 e. The van der Waals surface area contributed by atoms with Crippen LogP contribution >= 0.6 is 0 Å². The molecule has 1 saturated heterocycles. The number of carbonyl (C=O) groups is 3. The SMILES string of the molecule is Cc1ccc(-c2c(C)c3c(c(C)c2[C@H](OC(C)(C)C)C(=O)O)NC(=O)C2(CCN(C(=O)OCc4ccccc4)CC2)N3)cc1. The number of nitrogens with zero attached hydrogens (tertiary/aromatic N) is 1. The van der Waals surface area contributed by atoms with Crippen molar-refractivity contribution in [2.24, 2.45) is 0 Å². The molecular formula is C35H41N3O6. The van der Waals surface area contributed by atoms with E-state index < -0.39 is 29.3 Å². The minimum Gasteiger partial charge on any atom is -0.479 e. The van der Waals surface area contributed by atoms with Gasteiger partial charge in [-0.15, -0.1) is 0 Å². The van der Waals surface area contributed by atoms with Crippen molar-refractivity contribution >= 4 is 29.3 Å². The van der Waals surface area contributed by atoms with Crippen LogP contribution in [-0.2, 0) is 25.7 Å². The lowest BCUT2D eigenvalue weighted by atomic mass is 9.80. The molecule has 1 atom stereocenters. The Balaban J connectivity index is 1.48. The summed E-state index contributed by atoms with van der Waals surface area (Å²) in [5.74, 6) is -1.31. The van der Waals surface area contributed by atoms with Crippen molar-refractivity contribution in [3.05, 3.63) is 82.4 Å². The van der Waals surface area contributed by atoms with Gasteiger partial charge in [0, 0.05) is 18.7 Å². The number of rotatable bonds is 6. The van der Waals surface area contributed by atoms with Gasteiger partial charge in [0.05, 0.1) is 17.0 Å². The number of carbonyl (C=O) groups excluding carboxylic acids is 2. The van der Waals surface area contributed by atoms with Gasteiger partial charge < -0.3 is 30.1 Å². The van der Waals surface area contributed by atoms with E-state index in [4.69, 9.17) is 9.47 Å². The van der Waals surface area contributed by atoms with Crippen LogP contribution in [0.1, 0.15) is 67.5 Å². The van der Waals surface area contributed by atoms with Gasteiger partial charge in [-0.05, 0) is 82.2 Å². The monoisotopic (exact) mass is 599 g/mol. The standard InChI is InChI=1S/C35H41N3O6/c1-21-12-14-25(15-13-21)26-22(2)29-28(23(3)27(26)30(31(39)40)44-34(4,5)6)36-32(41)35(37-29)16-18-38(19-17-35)33(42)43-20-24-10-8-7-9-11-24/h7-15,30,37H,16-20H2,1-6H3,(H,36,41)(H,39,40)/t30-/m0/s1. The summed E-state index contributed by atoms with van der Waals surface area (Å²) >= 11 is 0. The van der Waals surface area contributed by atoms with Crippen LogP contribution in [0, 0.1) is 20.8 Å². The highest BCUT2D eigenvalue weighted by molar-refractivity contribution is 6.09. The number of amides is 2. The topological polar surface area (TPSA) is 117 Å². The number of ether oxygens (including phenoxy) is 2. The fourth-order valence-electron chi connectivity index (χ4n) is 6.11. The van der Waals surface area contributed by atoms with Gasteiger partial charge in [0.25, 0.3) is 0 Å². The fourth-order valence-corrected chi connectivity index (χ4v) is 6.11. The summed E-state index contributed by atoms with van der Waals surface area (Å²) in [5, 5.41) is 17.1. The van der Waals surface area contributed by atoms with Gasteiger partial charge in [0.15, 0.2) is 6.10 Å². The number of nitrogens with one attached hydrogen (secondary N) is 2. The number of aliphatic carboxylic acids is 1. The zero-order valence-corrected chi connectivity index (χ0v) is 26.2. The van der Waals surface area contributed by atoms with Gasteiger partial charge in [0.2, 0.25) is 5.91 Å². The van der Waals surface area contributed by atoms with Crippen LogP contribution in [0.2, 0.25) is 0 Å². The Morgan fingerprint density at radius 3 is 2.18 bits per heavy atom. The average Bonchev–Trinajstić information content (AvgIpc) is 2.98. The van der Waals surface area contributed by atoms with Gasteiger partial charge in [-0.25, -0.2) is 9.59 Å². The lowest BCUT2D eigenvalue weighted by molar-refractivity contribution is -0.160. The summed E-state index contributed by atoms with van der Waals surface area (Å²) in [7, 11) is 0. The van der Waals surface area contributed by atoms with Crippen LogP contribution < -0.4 is 10.6 Å². The summed E-state index contributed by atoms with van der Waals surface area (Å²) < 4.78 is 11.7. The molecule has 2 amide bonds. The van der Waals surface area contributed by atoms with Gasteiger partial charge in [0.1, 0.15) is 12.1 Å². The van der Waals surface area contributed by atoms with E-state index in [-0.39, 0.29) is 12.5 Å². The highest BCUT2D eigenvalue weighted by atomic mass is 16.6. The van der Waals surface area contributed by atoms with Gasteiger partial charge in [-0.3, -0.25) is 4.79 Å². The number of hydrogen-bond donors (Lipinski definition) is 3. The summed E-state index contributed by atoms with van der Waals surface area (Å²) in [6.45, 7) is 12.1. The number of hydrogen-bond acceptors (Lipinski definition) is 6. The molecule has 2 heterocycles. The summed E-state index contributed by atoms with van der Waals surface area (Å²) in [6.07, 6.45) is -0.877. The molecule has 3 aromatic carbocycles. The minimum absolute atomic E-state index is 0.187. The van der Waals surface area contributed by atoms with E-state index in [1.165, 1.54) is 0 Å². The number of carboxylic acids is 1. The second kappa shape index (κ2) is 12.0. The predicted octanol–water partition coefficient (Wildman–Crippen LogP) is 6.76. The van der Waals surface area contributed by atoms with Crippen molar-refractivity contribution in [3.63, 3.8) is 0 Å². The molecule has 3 N–H and O–H groups in total. The smallest absolute Gasteiger partial charge is 0.410 e. The quantitative estimate of drug-likeness (QED) is 0.287. The lowest BCUT2D eigenvalue weighted by Gasteiger charge is -2.45. The van der Waals surface area contributed by atoms with Crippen molar-refractivity contribution in [1.29, 1.82) is 0 Å². The first-order valence-corrected chi connectivity index (χ1v) is 15.0. The minimum atomic E-state index is -1.26. The van der Waals surface area contributed by atoms with Crippen LogP contribution in [0.25, 0.3) is 11.1 Å². The first-order chi connectivity index (χ1) is 20.8. The van der Waals surface area contributed by atoms with Crippen molar-refractivity contribution < 1.29 is 29.0 Å². The van der Waals surface area contributed by atoms with E-state index in [0.717, 1.165) is 33.5 Å². The number of likely N-dealkylation sites (tertiary alicyclic amines) is 1. The molecule has 232 valence electrons. The molecule has 0 unspecified atom stereocenters. The average molecular weight is 600 g/mol. The normalized spacial score (nSPS) is 16.5. The van der Waals surface area contributed by atoms with Gasteiger partial charge >= 0.3 is 12.1 Å². The maximum Gasteiger partial charge on any atom is 0.410 e. The second-order valence-electron chi connectivity index (χ2n) is 12.8. The third-order valence-corrected chi connectivity index (χ3v) is 8.46. The maximum atomic E-state index is 13.8. The molecule has 0 saturated carbocycles. The van der Waals surface area contributed by atoms with Crippen LogP contribution in [0.15, 0.2) is 54.6 Å². The highest BCUT2D eigenvalue weighted by Crippen LogP contribution is 2.48. The van der Waals surface area contributed by atoms with Crippen LogP contribution in [0.3, 0.4) is 0 Å². The zero-order chi connectivity index (χ0) is 31.8. The Morgan fingerprint density at radius 1 is 0.955 bits per heavy atom. The zero-order valence-electron chi connectivity index (χ0n) is 26.2. The molecule has 0 radical (unpaired) electrons. The Hall–Kier alpha value is -4.37. The molecule has 1 fully saturated rings. The highest BCUT2D eigenvalue weighted by Gasteiger charge is 2.47. The van der Waals surface area contributed by atoms with E-state index in [1.54, 1.807) is 4.90 Å². The third-order valence-electron chi connectivity index (χ3n) is 8.46. The number of anilines is 2. The van der Waals surface area contributed by atoms with Crippen molar-refractivity contribution in [2.45, 2.75) is 78.2 Å². The molecule has 44 heavy (non-hydrogen) atoms. The predicted molar refractivity (Wildman–Crippen MR) is 170 cm³/mol.